The first-order valence-electron chi connectivity index (χ1n) is 5.01. The summed E-state index contributed by atoms with van der Waals surface area (Å²) in [6.07, 6.45) is 1.42. The molecular weight excluding hydrogens is 278 g/mol. The van der Waals surface area contributed by atoms with E-state index >= 15 is 0 Å². The zero-order valence-corrected chi connectivity index (χ0v) is 11.2. The molecule has 1 aromatic heterocycles. The summed E-state index contributed by atoms with van der Waals surface area (Å²) in [5.41, 5.74) is 0.618. The summed E-state index contributed by atoms with van der Waals surface area (Å²) in [6.45, 7) is 1.30. The number of nitrogens with zero attached hydrogens (tertiary/aromatic N) is 1. The van der Waals surface area contributed by atoms with Gasteiger partial charge in [-0.2, -0.15) is 0 Å². The first kappa shape index (κ1) is 12.9. The fraction of sp³-hybridized carbons (Fsp3) is 0.182. The summed E-state index contributed by atoms with van der Waals surface area (Å²) in [5.74, 6) is -0.0801. The maximum absolute atomic E-state index is 11.4. The molecule has 0 unspecified atom stereocenters. The number of hydrogen-bond donors (Lipinski definition) is 0. The van der Waals surface area contributed by atoms with Gasteiger partial charge in [-0.05, 0) is 12.1 Å². The maximum atomic E-state index is 11.4. The van der Waals surface area contributed by atoms with Crippen LogP contribution in [0.2, 0.25) is 0 Å². The summed E-state index contributed by atoms with van der Waals surface area (Å²) in [5, 5.41) is 0.489. The van der Waals surface area contributed by atoms with Crippen molar-refractivity contribution in [2.75, 3.05) is 0 Å². The third-order valence-electron chi connectivity index (χ3n) is 2.45. The lowest BCUT2D eigenvalue weighted by atomic mass is 10.2. The minimum Gasteiger partial charge on any atom is -0.427 e. The molecule has 0 aliphatic heterocycles. The Morgan fingerprint density at radius 1 is 1.39 bits per heavy atom. The van der Waals surface area contributed by atoms with Crippen LogP contribution in [0.25, 0.3) is 10.9 Å². The van der Waals surface area contributed by atoms with Crippen molar-refractivity contribution >= 4 is 36.6 Å². The van der Waals surface area contributed by atoms with Gasteiger partial charge in [0.2, 0.25) is 0 Å². The number of rotatable bonds is 2. The summed E-state index contributed by atoms with van der Waals surface area (Å²) < 4.78 is 29.3. The number of esters is 1. The minimum absolute atomic E-state index is 0.0380. The number of carbonyl (C=O) groups is 1. The van der Waals surface area contributed by atoms with Gasteiger partial charge < -0.3 is 9.30 Å². The van der Waals surface area contributed by atoms with E-state index in [0.717, 1.165) is 0 Å². The molecule has 5 nitrogen and oxygen atoms in total. The van der Waals surface area contributed by atoms with E-state index in [1.165, 1.54) is 19.2 Å². The van der Waals surface area contributed by atoms with Crippen molar-refractivity contribution < 1.29 is 17.9 Å². The Morgan fingerprint density at radius 2 is 2.06 bits per heavy atom. The van der Waals surface area contributed by atoms with Gasteiger partial charge in [-0.15, -0.1) is 0 Å². The van der Waals surface area contributed by atoms with Crippen LogP contribution in [0.3, 0.4) is 0 Å². The molecule has 1 aromatic carbocycles. The van der Waals surface area contributed by atoms with Crippen LogP contribution in [-0.4, -0.2) is 19.0 Å². The second-order valence-electron chi connectivity index (χ2n) is 3.81. The highest BCUT2D eigenvalue weighted by Gasteiger charge is 2.18. The van der Waals surface area contributed by atoms with Crippen LogP contribution < -0.4 is 4.74 Å². The van der Waals surface area contributed by atoms with E-state index < -0.39 is 15.0 Å². The molecule has 2 aromatic rings. The summed E-state index contributed by atoms with van der Waals surface area (Å²) in [6, 6.07) is 4.67. The van der Waals surface area contributed by atoms with Crippen LogP contribution in [-0.2, 0) is 20.9 Å². The van der Waals surface area contributed by atoms with Gasteiger partial charge >= 0.3 is 5.97 Å². The third kappa shape index (κ3) is 2.34. The Labute approximate surface area is 108 Å². The SMILES string of the molecule is CC(=O)Oc1ccc2c(S(=O)(=O)Cl)cn(C)c2c1. The van der Waals surface area contributed by atoms with Crippen LogP contribution in [0.15, 0.2) is 29.3 Å². The highest BCUT2D eigenvalue weighted by Crippen LogP contribution is 2.30. The molecule has 0 aliphatic rings. The molecule has 7 heteroatoms. The number of aromatic nitrogens is 1. The number of halogens is 1. The highest BCUT2D eigenvalue weighted by molar-refractivity contribution is 8.14. The van der Waals surface area contributed by atoms with Crippen molar-refractivity contribution in [1.29, 1.82) is 0 Å². The predicted octanol–water partition coefficient (Wildman–Crippen LogP) is 2.03. The van der Waals surface area contributed by atoms with E-state index in [9.17, 15) is 13.2 Å². The van der Waals surface area contributed by atoms with E-state index in [-0.39, 0.29) is 4.90 Å². The fourth-order valence-corrected chi connectivity index (χ4v) is 2.84. The molecule has 0 spiro atoms. The Balaban J connectivity index is 2.66. The maximum Gasteiger partial charge on any atom is 0.308 e. The molecule has 1 heterocycles. The Bertz CT molecular complexity index is 733. The summed E-state index contributed by atoms with van der Waals surface area (Å²) >= 11 is 0. The number of fused-ring (bicyclic) bond motifs is 1. The minimum atomic E-state index is -3.80. The first-order valence-corrected chi connectivity index (χ1v) is 7.32. The van der Waals surface area contributed by atoms with E-state index in [1.54, 1.807) is 23.7 Å². The lowest BCUT2D eigenvalue weighted by molar-refractivity contribution is -0.131. The van der Waals surface area contributed by atoms with Crippen LogP contribution >= 0.6 is 10.7 Å². The normalized spacial score (nSPS) is 11.7. The quantitative estimate of drug-likeness (QED) is 0.481. The van der Waals surface area contributed by atoms with E-state index in [4.69, 9.17) is 15.4 Å². The molecule has 0 saturated carbocycles. The molecule has 0 amide bonds. The zero-order valence-electron chi connectivity index (χ0n) is 9.68. The number of ether oxygens (including phenoxy) is 1. The lowest BCUT2D eigenvalue weighted by Crippen LogP contribution is -2.01. The average Bonchev–Trinajstić information content (AvgIpc) is 2.55. The molecular formula is C11H10ClNO4S. The van der Waals surface area contributed by atoms with Crippen molar-refractivity contribution in [2.45, 2.75) is 11.8 Å². The van der Waals surface area contributed by atoms with Crippen LogP contribution in [0.5, 0.6) is 5.75 Å². The molecule has 0 fully saturated rings. The molecule has 0 bridgehead atoms. The van der Waals surface area contributed by atoms with Gasteiger partial charge in [-0.3, -0.25) is 4.79 Å². The molecule has 0 atom stereocenters. The van der Waals surface area contributed by atoms with Crippen molar-refractivity contribution in [3.8, 4) is 5.75 Å². The van der Waals surface area contributed by atoms with Gasteiger partial charge in [-0.1, -0.05) is 0 Å². The zero-order chi connectivity index (χ0) is 13.5. The van der Waals surface area contributed by atoms with Crippen molar-refractivity contribution in [1.82, 2.24) is 4.57 Å². The number of aryl methyl sites for hydroxylation is 1. The monoisotopic (exact) mass is 287 g/mol. The average molecular weight is 288 g/mol. The Morgan fingerprint density at radius 3 is 2.61 bits per heavy atom. The highest BCUT2D eigenvalue weighted by atomic mass is 35.7. The second-order valence-corrected chi connectivity index (χ2v) is 6.35. The van der Waals surface area contributed by atoms with Crippen molar-refractivity contribution in [3.05, 3.63) is 24.4 Å². The number of benzene rings is 1. The second kappa shape index (κ2) is 4.29. The summed E-state index contributed by atoms with van der Waals surface area (Å²) in [7, 11) is 3.23. The summed E-state index contributed by atoms with van der Waals surface area (Å²) in [4.78, 5) is 10.9. The molecule has 0 saturated heterocycles. The first-order chi connectivity index (χ1) is 8.29. The Hall–Kier alpha value is -1.53. The van der Waals surface area contributed by atoms with Gasteiger partial charge in [0, 0.05) is 42.3 Å². The van der Waals surface area contributed by atoms with Gasteiger partial charge in [0.05, 0.1) is 5.52 Å². The predicted molar refractivity (Wildman–Crippen MR) is 67.3 cm³/mol. The van der Waals surface area contributed by atoms with E-state index in [2.05, 4.69) is 0 Å². The standard InChI is InChI=1S/C11H10ClNO4S/c1-7(14)17-8-3-4-9-10(5-8)13(2)6-11(9)18(12,15)16/h3-6H,1-2H3. The van der Waals surface area contributed by atoms with Crippen LogP contribution in [0.4, 0.5) is 0 Å². The smallest absolute Gasteiger partial charge is 0.308 e. The molecule has 2 rings (SSSR count). The number of carbonyl (C=O) groups excluding carboxylic acids is 1. The van der Waals surface area contributed by atoms with Crippen LogP contribution in [0, 0.1) is 0 Å². The van der Waals surface area contributed by atoms with E-state index in [1.807, 2.05) is 0 Å². The molecule has 0 radical (unpaired) electrons. The van der Waals surface area contributed by atoms with Gasteiger partial charge in [0.1, 0.15) is 10.6 Å². The van der Waals surface area contributed by atoms with Crippen molar-refractivity contribution in [2.24, 2.45) is 7.05 Å². The number of hydrogen-bond acceptors (Lipinski definition) is 4. The van der Waals surface area contributed by atoms with Gasteiger partial charge in [-0.25, -0.2) is 8.42 Å². The molecule has 0 N–H and O–H groups in total. The Kier molecular flexibility index (Phi) is 3.08. The van der Waals surface area contributed by atoms with Gasteiger partial charge in [0.15, 0.2) is 0 Å². The fourth-order valence-electron chi connectivity index (χ4n) is 1.75. The topological polar surface area (TPSA) is 65.4 Å². The largest absolute Gasteiger partial charge is 0.427 e. The van der Waals surface area contributed by atoms with Gasteiger partial charge in [0.25, 0.3) is 9.05 Å². The molecule has 0 aliphatic carbocycles. The molecule has 18 heavy (non-hydrogen) atoms. The third-order valence-corrected chi connectivity index (χ3v) is 3.80. The lowest BCUT2D eigenvalue weighted by Gasteiger charge is -2.02. The van der Waals surface area contributed by atoms with Crippen molar-refractivity contribution in [3.63, 3.8) is 0 Å². The molecule has 96 valence electrons. The van der Waals surface area contributed by atoms with E-state index in [0.29, 0.717) is 16.7 Å². The van der Waals surface area contributed by atoms with Crippen LogP contribution in [0.1, 0.15) is 6.92 Å².